The molecule has 3 heteroatoms. The third-order valence-electron chi connectivity index (χ3n) is 2.60. The summed E-state index contributed by atoms with van der Waals surface area (Å²) >= 11 is 1.96. The molecule has 0 aromatic heterocycles. The third-order valence-corrected chi connectivity index (χ3v) is 3.93. The van der Waals surface area contributed by atoms with Crippen LogP contribution in [0.1, 0.15) is 33.6 Å². The van der Waals surface area contributed by atoms with Gasteiger partial charge in [-0.2, -0.15) is 0 Å². The van der Waals surface area contributed by atoms with Gasteiger partial charge in [-0.05, 0) is 24.2 Å². The summed E-state index contributed by atoms with van der Waals surface area (Å²) in [6.45, 7) is 8.81. The van der Waals surface area contributed by atoms with Crippen molar-refractivity contribution in [2.45, 2.75) is 38.9 Å². The van der Waals surface area contributed by atoms with Crippen LogP contribution in [0.4, 0.5) is 0 Å². The van der Waals surface area contributed by atoms with Crippen molar-refractivity contribution in [2.75, 3.05) is 13.1 Å². The second-order valence-corrected chi connectivity index (χ2v) is 6.78. The molecule has 0 amide bonds. The Kier molecular flexibility index (Phi) is 2.78. The number of thioether (sulfide) groups is 1. The zero-order chi connectivity index (χ0) is 10.2. The third kappa shape index (κ3) is 2.91. The van der Waals surface area contributed by atoms with Crippen LogP contribution >= 0.6 is 11.8 Å². The Morgan fingerprint density at radius 3 is 2.71 bits per heavy atom. The summed E-state index contributed by atoms with van der Waals surface area (Å²) in [5.41, 5.74) is 0.348. The highest BCUT2D eigenvalue weighted by Crippen LogP contribution is 2.41. The highest BCUT2D eigenvalue weighted by atomic mass is 32.2. The Morgan fingerprint density at radius 2 is 2.14 bits per heavy atom. The van der Waals surface area contributed by atoms with Crippen molar-refractivity contribution in [3.63, 3.8) is 0 Å². The Hall–Kier alpha value is -0.180. The molecule has 1 saturated carbocycles. The predicted octanol–water partition coefficient (Wildman–Crippen LogP) is 2.50. The second kappa shape index (κ2) is 3.76. The van der Waals surface area contributed by atoms with Crippen LogP contribution in [0.5, 0.6) is 0 Å². The van der Waals surface area contributed by atoms with Gasteiger partial charge in [0.2, 0.25) is 0 Å². The summed E-state index contributed by atoms with van der Waals surface area (Å²) in [7, 11) is 0. The van der Waals surface area contributed by atoms with Gasteiger partial charge in [0, 0.05) is 11.8 Å². The van der Waals surface area contributed by atoms with E-state index in [1.807, 2.05) is 11.8 Å². The molecule has 1 unspecified atom stereocenters. The zero-order valence-electron chi connectivity index (χ0n) is 9.34. The summed E-state index contributed by atoms with van der Waals surface area (Å²) in [6, 6.07) is 0. The van der Waals surface area contributed by atoms with Crippen molar-refractivity contribution >= 4 is 16.9 Å². The fourth-order valence-corrected chi connectivity index (χ4v) is 2.75. The number of aliphatic imine (C=N–C) groups is 1. The van der Waals surface area contributed by atoms with Crippen LogP contribution in [-0.4, -0.2) is 23.5 Å². The monoisotopic (exact) mass is 212 g/mol. The van der Waals surface area contributed by atoms with Crippen LogP contribution in [0.3, 0.4) is 0 Å². The van der Waals surface area contributed by atoms with E-state index in [0.29, 0.717) is 5.41 Å². The van der Waals surface area contributed by atoms with Gasteiger partial charge in [-0.15, -0.1) is 0 Å². The van der Waals surface area contributed by atoms with Crippen LogP contribution in [0.25, 0.3) is 0 Å². The van der Waals surface area contributed by atoms with Crippen LogP contribution in [0.15, 0.2) is 4.99 Å². The molecule has 2 rings (SSSR count). The number of amidine groups is 1. The highest BCUT2D eigenvalue weighted by Gasteiger charge is 2.35. The summed E-state index contributed by atoms with van der Waals surface area (Å²) in [5, 5.41) is 5.41. The molecule has 0 spiro atoms. The lowest BCUT2D eigenvalue weighted by Crippen LogP contribution is -2.30. The normalized spacial score (nSPS) is 27.6. The maximum atomic E-state index is 4.55. The SMILES string of the molecule is CC(C)(C)CNC1=NCC(C2CC2)S1. The minimum Gasteiger partial charge on any atom is -0.364 e. The van der Waals surface area contributed by atoms with Gasteiger partial charge in [-0.1, -0.05) is 32.5 Å². The second-order valence-electron chi connectivity index (χ2n) is 5.55. The van der Waals surface area contributed by atoms with E-state index in [2.05, 4.69) is 31.1 Å². The first-order valence-electron chi connectivity index (χ1n) is 5.49. The molecule has 1 aliphatic heterocycles. The van der Waals surface area contributed by atoms with Gasteiger partial charge in [-0.25, -0.2) is 0 Å². The van der Waals surface area contributed by atoms with Gasteiger partial charge < -0.3 is 5.32 Å². The fourth-order valence-electron chi connectivity index (χ4n) is 1.54. The van der Waals surface area contributed by atoms with Crippen LogP contribution in [0, 0.1) is 11.3 Å². The lowest BCUT2D eigenvalue weighted by atomic mass is 9.97. The summed E-state index contributed by atoms with van der Waals surface area (Å²) in [6.07, 6.45) is 2.86. The summed E-state index contributed by atoms with van der Waals surface area (Å²) in [5.74, 6) is 0.970. The van der Waals surface area contributed by atoms with E-state index in [0.717, 1.165) is 24.3 Å². The molecule has 14 heavy (non-hydrogen) atoms. The van der Waals surface area contributed by atoms with E-state index in [1.54, 1.807) is 0 Å². The van der Waals surface area contributed by atoms with Crippen LogP contribution in [-0.2, 0) is 0 Å². The first-order valence-corrected chi connectivity index (χ1v) is 6.37. The first-order chi connectivity index (χ1) is 6.54. The number of hydrogen-bond donors (Lipinski definition) is 1. The van der Waals surface area contributed by atoms with Crippen LogP contribution < -0.4 is 5.32 Å². The van der Waals surface area contributed by atoms with Gasteiger partial charge in [0.05, 0.1) is 6.54 Å². The van der Waals surface area contributed by atoms with Crippen molar-refractivity contribution in [3.8, 4) is 0 Å². The molecule has 1 atom stereocenters. The van der Waals surface area contributed by atoms with E-state index in [-0.39, 0.29) is 0 Å². The van der Waals surface area contributed by atoms with E-state index in [1.165, 1.54) is 18.0 Å². The molecule has 1 N–H and O–H groups in total. The van der Waals surface area contributed by atoms with Gasteiger partial charge in [0.15, 0.2) is 5.17 Å². The standard InChI is InChI=1S/C11H20N2S/c1-11(2,3)7-13-10-12-6-9(14-10)8-4-5-8/h8-9H,4-7H2,1-3H3,(H,12,13). The molecule has 0 aromatic carbocycles. The topological polar surface area (TPSA) is 24.4 Å². The maximum Gasteiger partial charge on any atom is 0.156 e. The first kappa shape index (κ1) is 10.3. The molecule has 2 nitrogen and oxygen atoms in total. The lowest BCUT2D eigenvalue weighted by molar-refractivity contribution is 0.410. The van der Waals surface area contributed by atoms with Gasteiger partial charge in [0.25, 0.3) is 0 Å². The molecule has 0 radical (unpaired) electrons. The maximum absolute atomic E-state index is 4.55. The minimum atomic E-state index is 0.348. The highest BCUT2D eigenvalue weighted by molar-refractivity contribution is 8.14. The molecule has 0 aromatic rings. The molecule has 1 aliphatic carbocycles. The fraction of sp³-hybridized carbons (Fsp3) is 0.909. The average molecular weight is 212 g/mol. The predicted molar refractivity (Wildman–Crippen MR) is 63.9 cm³/mol. The van der Waals surface area contributed by atoms with Gasteiger partial charge >= 0.3 is 0 Å². The molecular formula is C11H20N2S. The molecule has 1 fully saturated rings. The summed E-state index contributed by atoms with van der Waals surface area (Å²) in [4.78, 5) is 4.55. The number of hydrogen-bond acceptors (Lipinski definition) is 3. The molecule has 80 valence electrons. The molecule has 0 bridgehead atoms. The molecular weight excluding hydrogens is 192 g/mol. The summed E-state index contributed by atoms with van der Waals surface area (Å²) < 4.78 is 0. The molecule has 1 heterocycles. The van der Waals surface area contributed by atoms with E-state index in [4.69, 9.17) is 0 Å². The minimum absolute atomic E-state index is 0.348. The van der Waals surface area contributed by atoms with Gasteiger partial charge in [0.1, 0.15) is 0 Å². The Morgan fingerprint density at radius 1 is 1.43 bits per heavy atom. The smallest absolute Gasteiger partial charge is 0.156 e. The van der Waals surface area contributed by atoms with Crippen molar-refractivity contribution in [1.82, 2.24) is 5.32 Å². The van der Waals surface area contributed by atoms with Crippen LogP contribution in [0.2, 0.25) is 0 Å². The lowest BCUT2D eigenvalue weighted by Gasteiger charge is -2.19. The number of nitrogens with one attached hydrogen (secondary N) is 1. The Bertz CT molecular complexity index is 238. The quantitative estimate of drug-likeness (QED) is 0.760. The van der Waals surface area contributed by atoms with E-state index in [9.17, 15) is 0 Å². The van der Waals surface area contributed by atoms with Crippen molar-refractivity contribution in [3.05, 3.63) is 0 Å². The largest absolute Gasteiger partial charge is 0.364 e. The zero-order valence-corrected chi connectivity index (χ0v) is 10.2. The molecule has 2 aliphatic rings. The Labute approximate surface area is 90.9 Å². The van der Waals surface area contributed by atoms with Crippen molar-refractivity contribution < 1.29 is 0 Å². The van der Waals surface area contributed by atoms with E-state index < -0.39 is 0 Å². The average Bonchev–Trinajstić information content (AvgIpc) is 2.81. The molecule has 0 saturated heterocycles. The number of rotatable bonds is 2. The van der Waals surface area contributed by atoms with Crippen molar-refractivity contribution in [2.24, 2.45) is 16.3 Å². The Balaban J connectivity index is 1.72. The van der Waals surface area contributed by atoms with Gasteiger partial charge in [-0.3, -0.25) is 4.99 Å². The number of nitrogens with zero attached hydrogens (tertiary/aromatic N) is 1. The van der Waals surface area contributed by atoms with Crippen molar-refractivity contribution in [1.29, 1.82) is 0 Å². The van der Waals surface area contributed by atoms with E-state index >= 15 is 0 Å².